The molecule has 0 saturated heterocycles. The number of hydrogen-bond donors (Lipinski definition) is 0. The fourth-order valence-electron chi connectivity index (χ4n) is 1.62. The van der Waals surface area contributed by atoms with Gasteiger partial charge >= 0.3 is 5.97 Å². The summed E-state index contributed by atoms with van der Waals surface area (Å²) in [5, 5.41) is 0. The Morgan fingerprint density at radius 3 is 2.29 bits per heavy atom. The number of carbonyl (C=O) groups is 1. The molecule has 0 fully saturated rings. The van der Waals surface area contributed by atoms with Crippen LogP contribution in [-0.2, 0) is 4.74 Å². The van der Waals surface area contributed by atoms with Crippen molar-refractivity contribution in [2.24, 2.45) is 0 Å². The van der Waals surface area contributed by atoms with E-state index in [1.165, 1.54) is 33.7 Å². The fourth-order valence-corrected chi connectivity index (χ4v) is 1.62. The van der Waals surface area contributed by atoms with E-state index in [1.54, 1.807) is 18.2 Å². The SMILES string of the molecule is COC(=O)c1cncc(Oc2c(OC)cccc2OC)n1. The van der Waals surface area contributed by atoms with Gasteiger partial charge in [0.1, 0.15) is 0 Å². The predicted molar refractivity (Wildman–Crippen MR) is 73.0 cm³/mol. The Kier molecular flexibility index (Phi) is 4.55. The highest BCUT2D eigenvalue weighted by Crippen LogP contribution is 2.39. The number of rotatable bonds is 5. The molecule has 0 aliphatic rings. The third-order valence-electron chi connectivity index (χ3n) is 2.60. The summed E-state index contributed by atoms with van der Waals surface area (Å²) in [5.41, 5.74) is 0.0452. The molecule has 0 spiro atoms. The van der Waals surface area contributed by atoms with E-state index in [2.05, 4.69) is 14.7 Å². The van der Waals surface area contributed by atoms with Crippen molar-refractivity contribution >= 4 is 5.97 Å². The average molecular weight is 290 g/mol. The standard InChI is InChI=1S/C14H14N2O5/c1-18-10-5-4-6-11(19-2)13(10)21-12-8-15-7-9(16-12)14(17)20-3/h4-8H,1-3H3. The molecule has 7 heteroatoms. The molecule has 1 aromatic heterocycles. The Bertz CT molecular complexity index is 623. The van der Waals surface area contributed by atoms with Crippen LogP contribution in [0.15, 0.2) is 30.6 Å². The Morgan fingerprint density at radius 1 is 1.05 bits per heavy atom. The lowest BCUT2D eigenvalue weighted by molar-refractivity contribution is 0.0592. The van der Waals surface area contributed by atoms with Crippen LogP contribution in [0.3, 0.4) is 0 Å². The average Bonchev–Trinajstić information content (AvgIpc) is 2.54. The maximum absolute atomic E-state index is 11.4. The monoisotopic (exact) mass is 290 g/mol. The van der Waals surface area contributed by atoms with Crippen LogP contribution in [-0.4, -0.2) is 37.3 Å². The van der Waals surface area contributed by atoms with Crippen molar-refractivity contribution in [3.63, 3.8) is 0 Å². The van der Waals surface area contributed by atoms with Gasteiger partial charge in [-0.15, -0.1) is 0 Å². The van der Waals surface area contributed by atoms with Crippen molar-refractivity contribution in [1.29, 1.82) is 0 Å². The number of hydrogen-bond acceptors (Lipinski definition) is 7. The zero-order chi connectivity index (χ0) is 15.2. The molecule has 0 radical (unpaired) electrons. The van der Waals surface area contributed by atoms with Crippen molar-refractivity contribution in [1.82, 2.24) is 9.97 Å². The van der Waals surface area contributed by atoms with Crippen LogP contribution in [0, 0.1) is 0 Å². The first kappa shape index (κ1) is 14.6. The Labute approximate surface area is 121 Å². The summed E-state index contributed by atoms with van der Waals surface area (Å²) in [5.74, 6) is 0.818. The number of benzene rings is 1. The van der Waals surface area contributed by atoms with E-state index in [0.29, 0.717) is 17.2 Å². The molecule has 2 rings (SSSR count). The van der Waals surface area contributed by atoms with Crippen molar-refractivity contribution < 1.29 is 23.7 Å². The van der Waals surface area contributed by atoms with Crippen LogP contribution < -0.4 is 14.2 Å². The van der Waals surface area contributed by atoms with Gasteiger partial charge in [0.25, 0.3) is 0 Å². The molecule has 7 nitrogen and oxygen atoms in total. The number of ether oxygens (including phenoxy) is 4. The number of para-hydroxylation sites is 1. The summed E-state index contributed by atoms with van der Waals surface area (Å²) in [6.07, 6.45) is 2.66. The van der Waals surface area contributed by atoms with Crippen molar-refractivity contribution in [2.45, 2.75) is 0 Å². The second-order valence-corrected chi connectivity index (χ2v) is 3.83. The molecule has 0 unspecified atom stereocenters. The zero-order valence-electron chi connectivity index (χ0n) is 11.8. The third kappa shape index (κ3) is 3.19. The minimum Gasteiger partial charge on any atom is -0.493 e. The quantitative estimate of drug-likeness (QED) is 0.780. The third-order valence-corrected chi connectivity index (χ3v) is 2.60. The molecular formula is C14H14N2O5. The van der Waals surface area contributed by atoms with Crippen LogP contribution in [0.4, 0.5) is 0 Å². The summed E-state index contributed by atoms with van der Waals surface area (Å²) in [6, 6.07) is 5.20. The molecule has 1 aromatic carbocycles. The maximum Gasteiger partial charge on any atom is 0.358 e. The second kappa shape index (κ2) is 6.56. The first-order valence-corrected chi connectivity index (χ1v) is 5.98. The highest BCUT2D eigenvalue weighted by Gasteiger charge is 2.15. The first-order chi connectivity index (χ1) is 10.2. The molecule has 0 N–H and O–H groups in total. The lowest BCUT2D eigenvalue weighted by Crippen LogP contribution is -2.06. The van der Waals surface area contributed by atoms with Crippen LogP contribution in [0.2, 0.25) is 0 Å². The Morgan fingerprint density at radius 2 is 1.71 bits per heavy atom. The highest BCUT2D eigenvalue weighted by molar-refractivity contribution is 5.86. The van der Waals surface area contributed by atoms with Crippen molar-refractivity contribution in [2.75, 3.05) is 21.3 Å². The Balaban J connectivity index is 2.36. The molecule has 0 bridgehead atoms. The molecule has 110 valence electrons. The maximum atomic E-state index is 11.4. The van der Waals surface area contributed by atoms with Crippen LogP contribution in [0.1, 0.15) is 10.5 Å². The molecule has 0 atom stereocenters. The van der Waals surface area contributed by atoms with E-state index in [9.17, 15) is 4.79 Å². The number of carbonyl (C=O) groups excluding carboxylic acids is 1. The van der Waals surface area contributed by atoms with Gasteiger partial charge in [-0.3, -0.25) is 4.98 Å². The summed E-state index contributed by atoms with van der Waals surface area (Å²) >= 11 is 0. The predicted octanol–water partition coefficient (Wildman–Crippen LogP) is 2.07. The van der Waals surface area contributed by atoms with Crippen molar-refractivity contribution in [3.05, 3.63) is 36.3 Å². The molecule has 0 amide bonds. The van der Waals surface area contributed by atoms with Gasteiger partial charge in [0.05, 0.1) is 33.7 Å². The largest absolute Gasteiger partial charge is 0.493 e. The van der Waals surface area contributed by atoms with Crippen LogP contribution in [0.5, 0.6) is 23.1 Å². The summed E-state index contributed by atoms with van der Waals surface area (Å²) < 4.78 is 20.6. The Hall–Kier alpha value is -2.83. The fraction of sp³-hybridized carbons (Fsp3) is 0.214. The number of esters is 1. The van der Waals surface area contributed by atoms with E-state index >= 15 is 0 Å². The van der Waals surface area contributed by atoms with Gasteiger partial charge < -0.3 is 18.9 Å². The van der Waals surface area contributed by atoms with Crippen LogP contribution in [0.25, 0.3) is 0 Å². The molecular weight excluding hydrogens is 276 g/mol. The van der Waals surface area contributed by atoms with Gasteiger partial charge in [-0.25, -0.2) is 9.78 Å². The lowest BCUT2D eigenvalue weighted by atomic mass is 10.3. The van der Waals surface area contributed by atoms with Gasteiger partial charge in [-0.2, -0.15) is 0 Å². The number of aromatic nitrogens is 2. The number of methoxy groups -OCH3 is 3. The molecule has 0 aliphatic heterocycles. The molecule has 0 saturated carbocycles. The lowest BCUT2D eigenvalue weighted by Gasteiger charge is -2.13. The van der Waals surface area contributed by atoms with E-state index in [0.717, 1.165) is 0 Å². The molecule has 0 aliphatic carbocycles. The number of nitrogens with zero attached hydrogens (tertiary/aromatic N) is 2. The van der Waals surface area contributed by atoms with Gasteiger partial charge in [0.15, 0.2) is 17.2 Å². The van der Waals surface area contributed by atoms with Gasteiger partial charge in [-0.05, 0) is 12.1 Å². The molecule has 21 heavy (non-hydrogen) atoms. The summed E-state index contributed by atoms with van der Waals surface area (Å²) in [6.45, 7) is 0. The van der Waals surface area contributed by atoms with E-state index in [1.807, 2.05) is 0 Å². The minimum atomic E-state index is -0.597. The van der Waals surface area contributed by atoms with Crippen molar-refractivity contribution in [3.8, 4) is 23.1 Å². The second-order valence-electron chi connectivity index (χ2n) is 3.83. The van der Waals surface area contributed by atoms with Gasteiger partial charge in [-0.1, -0.05) is 6.07 Å². The highest BCUT2D eigenvalue weighted by atomic mass is 16.5. The van der Waals surface area contributed by atoms with Gasteiger partial charge in [0, 0.05) is 0 Å². The normalized spacial score (nSPS) is 9.86. The van der Waals surface area contributed by atoms with E-state index in [-0.39, 0.29) is 11.6 Å². The van der Waals surface area contributed by atoms with Crippen LogP contribution >= 0.6 is 0 Å². The molecule has 2 aromatic rings. The zero-order valence-corrected chi connectivity index (χ0v) is 11.8. The minimum absolute atomic E-state index is 0.0452. The van der Waals surface area contributed by atoms with E-state index in [4.69, 9.17) is 14.2 Å². The first-order valence-electron chi connectivity index (χ1n) is 5.98. The summed E-state index contributed by atoms with van der Waals surface area (Å²) in [7, 11) is 4.29. The topological polar surface area (TPSA) is 79.8 Å². The van der Waals surface area contributed by atoms with Gasteiger partial charge in [0.2, 0.25) is 11.6 Å². The van der Waals surface area contributed by atoms with E-state index < -0.39 is 5.97 Å². The summed E-state index contributed by atoms with van der Waals surface area (Å²) in [4.78, 5) is 19.3. The molecule has 1 heterocycles. The smallest absolute Gasteiger partial charge is 0.358 e.